The Labute approximate surface area is 94.0 Å². The first-order valence-corrected chi connectivity index (χ1v) is 6.29. The minimum absolute atomic E-state index is 0.194. The maximum absolute atomic E-state index is 12.3. The van der Waals surface area contributed by atoms with E-state index in [1.807, 2.05) is 0 Å². The lowest BCUT2D eigenvalue weighted by Gasteiger charge is -2.37. The molecule has 1 fully saturated rings. The summed E-state index contributed by atoms with van der Waals surface area (Å²) >= 11 is 0. The number of ketones is 1. The average molecular weight is 211 g/mol. The number of carbonyl (C=O) groups is 1. The summed E-state index contributed by atoms with van der Waals surface area (Å²) in [6, 6.07) is 0. The van der Waals surface area contributed by atoms with Crippen LogP contribution in [-0.2, 0) is 4.79 Å². The van der Waals surface area contributed by atoms with Crippen LogP contribution in [0.4, 0.5) is 0 Å². The molecule has 0 saturated carbocycles. The molecule has 0 radical (unpaired) electrons. The van der Waals surface area contributed by atoms with Crippen molar-refractivity contribution < 1.29 is 4.79 Å². The van der Waals surface area contributed by atoms with Gasteiger partial charge in [-0.05, 0) is 45.2 Å². The summed E-state index contributed by atoms with van der Waals surface area (Å²) in [6.45, 7) is 10.7. The first kappa shape index (κ1) is 12.7. The number of carbonyl (C=O) groups excluding carboxylic acids is 1. The molecule has 0 N–H and O–H groups in total. The molecule has 2 nitrogen and oxygen atoms in total. The molecule has 1 heterocycles. The Hall–Kier alpha value is -0.370. The van der Waals surface area contributed by atoms with Crippen molar-refractivity contribution in [1.82, 2.24) is 4.90 Å². The summed E-state index contributed by atoms with van der Waals surface area (Å²) in [5.74, 6) is 0.910. The van der Waals surface area contributed by atoms with E-state index in [1.165, 1.54) is 12.8 Å². The number of hydrogen-bond acceptors (Lipinski definition) is 2. The minimum atomic E-state index is -0.194. The van der Waals surface area contributed by atoms with Crippen molar-refractivity contribution in [3.63, 3.8) is 0 Å². The Morgan fingerprint density at radius 2 is 1.87 bits per heavy atom. The van der Waals surface area contributed by atoms with Gasteiger partial charge < -0.3 is 0 Å². The fourth-order valence-electron chi connectivity index (χ4n) is 2.40. The van der Waals surface area contributed by atoms with E-state index in [1.54, 1.807) is 0 Å². The van der Waals surface area contributed by atoms with Crippen molar-refractivity contribution in [2.75, 3.05) is 13.1 Å². The third-order valence-corrected chi connectivity index (χ3v) is 3.69. The van der Waals surface area contributed by atoms with Crippen LogP contribution in [0.2, 0.25) is 0 Å². The van der Waals surface area contributed by atoms with Gasteiger partial charge in [0.2, 0.25) is 0 Å². The van der Waals surface area contributed by atoms with Crippen LogP contribution in [0.5, 0.6) is 0 Å². The highest BCUT2D eigenvalue weighted by Crippen LogP contribution is 2.27. The Morgan fingerprint density at radius 1 is 1.33 bits per heavy atom. The van der Waals surface area contributed by atoms with Gasteiger partial charge in [-0.3, -0.25) is 9.69 Å². The second-order valence-electron chi connectivity index (χ2n) is 5.34. The molecule has 15 heavy (non-hydrogen) atoms. The van der Waals surface area contributed by atoms with Crippen LogP contribution in [0, 0.1) is 5.92 Å². The highest BCUT2D eigenvalue weighted by molar-refractivity contribution is 5.88. The summed E-state index contributed by atoms with van der Waals surface area (Å²) in [4.78, 5) is 14.6. The Morgan fingerprint density at radius 3 is 2.27 bits per heavy atom. The monoisotopic (exact) mass is 211 g/mol. The molecule has 0 aromatic heterocycles. The fraction of sp³-hybridized carbons (Fsp3) is 0.923. The lowest BCUT2D eigenvalue weighted by Crippen LogP contribution is -2.50. The Bertz CT molecular complexity index is 219. The normalized spacial score (nSPS) is 21.9. The van der Waals surface area contributed by atoms with Gasteiger partial charge in [-0.15, -0.1) is 0 Å². The molecule has 1 aliphatic heterocycles. The molecule has 1 unspecified atom stereocenters. The summed E-state index contributed by atoms with van der Waals surface area (Å²) in [7, 11) is 0. The molecule has 0 aliphatic carbocycles. The molecule has 0 aromatic rings. The van der Waals surface area contributed by atoms with Crippen molar-refractivity contribution >= 4 is 5.78 Å². The molecular weight excluding hydrogens is 186 g/mol. The summed E-state index contributed by atoms with van der Waals surface area (Å²) in [5, 5.41) is 0. The van der Waals surface area contributed by atoms with Crippen LogP contribution in [0.15, 0.2) is 0 Å². The van der Waals surface area contributed by atoms with Crippen LogP contribution in [0.25, 0.3) is 0 Å². The van der Waals surface area contributed by atoms with Gasteiger partial charge in [0.05, 0.1) is 5.54 Å². The van der Waals surface area contributed by atoms with Gasteiger partial charge in [0.25, 0.3) is 0 Å². The molecule has 88 valence electrons. The van der Waals surface area contributed by atoms with Crippen LogP contribution < -0.4 is 0 Å². The number of likely N-dealkylation sites (tertiary alicyclic amines) is 1. The van der Waals surface area contributed by atoms with Crippen molar-refractivity contribution in [3.05, 3.63) is 0 Å². The summed E-state index contributed by atoms with van der Waals surface area (Å²) < 4.78 is 0. The van der Waals surface area contributed by atoms with E-state index in [0.717, 1.165) is 25.9 Å². The van der Waals surface area contributed by atoms with Crippen molar-refractivity contribution in [2.45, 2.75) is 58.9 Å². The highest BCUT2D eigenvalue weighted by Gasteiger charge is 2.38. The average Bonchev–Trinajstić information content (AvgIpc) is 2.68. The quantitative estimate of drug-likeness (QED) is 0.697. The molecule has 1 rings (SSSR count). The van der Waals surface area contributed by atoms with Gasteiger partial charge in [-0.2, -0.15) is 0 Å². The van der Waals surface area contributed by atoms with Gasteiger partial charge in [-0.1, -0.05) is 20.8 Å². The minimum Gasteiger partial charge on any atom is -0.298 e. The van der Waals surface area contributed by atoms with Crippen molar-refractivity contribution in [3.8, 4) is 0 Å². The molecular formula is C13H25NO. The van der Waals surface area contributed by atoms with Crippen molar-refractivity contribution in [2.24, 2.45) is 5.92 Å². The maximum Gasteiger partial charge on any atom is 0.153 e. The standard InChI is InChI=1S/C13H25NO/c1-5-13(4,12(15)10-11(2)3)14-8-6-7-9-14/h11H,5-10H2,1-4H3. The second kappa shape index (κ2) is 5.11. The first-order chi connectivity index (χ1) is 7.00. The van der Waals surface area contributed by atoms with Crippen LogP contribution in [0.3, 0.4) is 0 Å². The number of nitrogens with zero attached hydrogens (tertiary/aromatic N) is 1. The lowest BCUT2D eigenvalue weighted by atomic mass is 9.86. The predicted octanol–water partition coefficient (Wildman–Crippen LogP) is 2.87. The van der Waals surface area contributed by atoms with E-state index in [9.17, 15) is 4.79 Å². The van der Waals surface area contributed by atoms with Crippen molar-refractivity contribution in [1.29, 1.82) is 0 Å². The lowest BCUT2D eigenvalue weighted by molar-refractivity contribution is -0.130. The molecule has 0 spiro atoms. The number of Topliss-reactive ketones (excluding diaryl/α,β-unsaturated/α-hetero) is 1. The van der Waals surface area contributed by atoms with Gasteiger partial charge in [0.1, 0.15) is 0 Å². The Kier molecular flexibility index (Phi) is 4.32. The molecule has 2 heteroatoms. The molecule has 0 bridgehead atoms. The van der Waals surface area contributed by atoms with Crippen LogP contribution in [-0.4, -0.2) is 29.3 Å². The summed E-state index contributed by atoms with van der Waals surface area (Å²) in [5.41, 5.74) is -0.194. The second-order valence-corrected chi connectivity index (χ2v) is 5.34. The van der Waals surface area contributed by atoms with Crippen LogP contribution >= 0.6 is 0 Å². The first-order valence-electron chi connectivity index (χ1n) is 6.29. The van der Waals surface area contributed by atoms with E-state index in [2.05, 4.69) is 32.6 Å². The zero-order valence-corrected chi connectivity index (χ0v) is 10.7. The van der Waals surface area contributed by atoms with Gasteiger partial charge in [0.15, 0.2) is 5.78 Å². The van der Waals surface area contributed by atoms with E-state index in [-0.39, 0.29) is 5.54 Å². The number of rotatable bonds is 5. The summed E-state index contributed by atoms with van der Waals surface area (Å²) in [6.07, 6.45) is 4.18. The zero-order chi connectivity index (χ0) is 11.5. The molecule has 1 aliphatic rings. The van der Waals surface area contributed by atoms with E-state index < -0.39 is 0 Å². The smallest absolute Gasteiger partial charge is 0.153 e. The number of hydrogen-bond donors (Lipinski definition) is 0. The van der Waals surface area contributed by atoms with E-state index in [4.69, 9.17) is 0 Å². The fourth-order valence-corrected chi connectivity index (χ4v) is 2.40. The third-order valence-electron chi connectivity index (χ3n) is 3.69. The SMILES string of the molecule is CCC(C)(C(=O)CC(C)C)N1CCCC1. The van der Waals surface area contributed by atoms with Gasteiger partial charge in [0, 0.05) is 6.42 Å². The molecule has 0 aromatic carbocycles. The largest absolute Gasteiger partial charge is 0.298 e. The van der Waals surface area contributed by atoms with Crippen LogP contribution in [0.1, 0.15) is 53.4 Å². The van der Waals surface area contributed by atoms with Gasteiger partial charge >= 0.3 is 0 Å². The molecule has 0 amide bonds. The van der Waals surface area contributed by atoms with E-state index in [0.29, 0.717) is 11.7 Å². The maximum atomic E-state index is 12.3. The topological polar surface area (TPSA) is 20.3 Å². The molecule has 1 atom stereocenters. The molecule has 1 saturated heterocycles. The Balaban J connectivity index is 2.69. The van der Waals surface area contributed by atoms with Gasteiger partial charge in [-0.25, -0.2) is 0 Å². The third kappa shape index (κ3) is 2.81. The highest BCUT2D eigenvalue weighted by atomic mass is 16.1. The zero-order valence-electron chi connectivity index (χ0n) is 10.7. The predicted molar refractivity (Wildman–Crippen MR) is 64.0 cm³/mol. The van der Waals surface area contributed by atoms with E-state index >= 15 is 0 Å².